The monoisotopic (exact) mass is 358 g/mol. The normalized spacial score (nSPS) is 16.4. The second kappa shape index (κ2) is 6.54. The molecule has 2 aliphatic rings. The van der Waals surface area contributed by atoms with Crippen molar-refractivity contribution in [3.63, 3.8) is 0 Å². The molecule has 0 radical (unpaired) electrons. The van der Waals surface area contributed by atoms with Gasteiger partial charge in [0.05, 0.1) is 5.57 Å². The van der Waals surface area contributed by atoms with Crippen LogP contribution in [0, 0.1) is 13.8 Å². The maximum atomic E-state index is 13.2. The Balaban J connectivity index is 1.91. The molecular formula is C23H22N2O2. The highest BCUT2D eigenvalue weighted by Crippen LogP contribution is 2.38. The van der Waals surface area contributed by atoms with Gasteiger partial charge >= 0.3 is 0 Å². The third kappa shape index (κ3) is 2.69. The van der Waals surface area contributed by atoms with Crippen LogP contribution >= 0.6 is 0 Å². The molecule has 0 saturated heterocycles. The van der Waals surface area contributed by atoms with Crippen LogP contribution in [0.5, 0.6) is 0 Å². The Morgan fingerprint density at radius 2 is 1.81 bits per heavy atom. The molecule has 4 nitrogen and oxygen atoms in total. The summed E-state index contributed by atoms with van der Waals surface area (Å²) in [6.07, 6.45) is 2.46. The van der Waals surface area contributed by atoms with Crippen molar-refractivity contribution < 1.29 is 9.59 Å². The molecule has 2 aliphatic heterocycles. The van der Waals surface area contributed by atoms with E-state index in [4.69, 9.17) is 0 Å². The predicted octanol–water partition coefficient (Wildman–Crippen LogP) is 3.63. The smallest absolute Gasteiger partial charge is 0.278 e. The SMILES string of the molecule is C=CCN1C(=O)C(c2ccc(C)c(C)c2)=C(N2CCc3ccccc32)C1=O. The minimum Gasteiger partial charge on any atom is -0.336 e. The molecule has 0 saturated carbocycles. The lowest BCUT2D eigenvalue weighted by atomic mass is 9.99. The van der Waals surface area contributed by atoms with E-state index < -0.39 is 0 Å². The average molecular weight is 358 g/mol. The van der Waals surface area contributed by atoms with Crippen LogP contribution in [0.15, 0.2) is 60.8 Å². The first kappa shape index (κ1) is 17.3. The zero-order valence-electron chi connectivity index (χ0n) is 15.7. The van der Waals surface area contributed by atoms with Gasteiger partial charge in [0.15, 0.2) is 0 Å². The molecule has 4 heteroatoms. The van der Waals surface area contributed by atoms with Gasteiger partial charge in [0.1, 0.15) is 5.70 Å². The van der Waals surface area contributed by atoms with Gasteiger partial charge in [0.2, 0.25) is 0 Å². The molecule has 0 aromatic heterocycles. The first-order valence-electron chi connectivity index (χ1n) is 9.17. The van der Waals surface area contributed by atoms with E-state index in [1.165, 1.54) is 10.5 Å². The van der Waals surface area contributed by atoms with Gasteiger partial charge in [-0.15, -0.1) is 6.58 Å². The molecule has 4 rings (SSSR count). The number of aryl methyl sites for hydroxylation is 2. The van der Waals surface area contributed by atoms with Crippen molar-refractivity contribution in [1.82, 2.24) is 4.90 Å². The fraction of sp³-hybridized carbons (Fsp3) is 0.217. The molecule has 0 fully saturated rings. The summed E-state index contributed by atoms with van der Waals surface area (Å²) in [6.45, 7) is 8.67. The molecule has 0 atom stereocenters. The number of carbonyl (C=O) groups excluding carboxylic acids is 2. The molecule has 0 N–H and O–H groups in total. The average Bonchev–Trinajstić information content (AvgIpc) is 3.18. The third-order valence-corrected chi connectivity index (χ3v) is 5.41. The number of fused-ring (bicyclic) bond motifs is 1. The minimum absolute atomic E-state index is 0.213. The molecule has 0 spiro atoms. The maximum Gasteiger partial charge on any atom is 0.278 e. The number of carbonyl (C=O) groups is 2. The van der Waals surface area contributed by atoms with Crippen molar-refractivity contribution in [2.24, 2.45) is 0 Å². The number of benzene rings is 2. The number of para-hydroxylation sites is 1. The van der Waals surface area contributed by atoms with Crippen molar-refractivity contribution in [3.8, 4) is 0 Å². The lowest BCUT2D eigenvalue weighted by Gasteiger charge is -2.21. The molecule has 2 heterocycles. The van der Waals surface area contributed by atoms with Gasteiger partial charge in [-0.1, -0.05) is 42.5 Å². The molecular weight excluding hydrogens is 336 g/mol. The predicted molar refractivity (Wildman–Crippen MR) is 107 cm³/mol. The Kier molecular flexibility index (Phi) is 4.19. The minimum atomic E-state index is -0.248. The van der Waals surface area contributed by atoms with Crippen LogP contribution in [-0.2, 0) is 16.0 Å². The van der Waals surface area contributed by atoms with Gasteiger partial charge in [0, 0.05) is 18.8 Å². The van der Waals surface area contributed by atoms with E-state index >= 15 is 0 Å². The fourth-order valence-corrected chi connectivity index (χ4v) is 3.84. The van der Waals surface area contributed by atoms with E-state index in [0.717, 1.165) is 28.8 Å². The van der Waals surface area contributed by atoms with E-state index in [0.29, 0.717) is 17.8 Å². The summed E-state index contributed by atoms with van der Waals surface area (Å²) in [6, 6.07) is 14.0. The first-order valence-corrected chi connectivity index (χ1v) is 9.17. The number of hydrogen-bond acceptors (Lipinski definition) is 3. The largest absolute Gasteiger partial charge is 0.336 e. The molecule has 27 heavy (non-hydrogen) atoms. The number of imide groups is 1. The van der Waals surface area contributed by atoms with E-state index in [1.807, 2.05) is 55.1 Å². The number of amides is 2. The number of anilines is 1. The van der Waals surface area contributed by atoms with Gasteiger partial charge in [0.25, 0.3) is 11.8 Å². The Bertz CT molecular complexity index is 1000. The summed E-state index contributed by atoms with van der Waals surface area (Å²) in [7, 11) is 0. The highest BCUT2D eigenvalue weighted by Gasteiger charge is 2.42. The Labute approximate surface area is 159 Å². The quantitative estimate of drug-likeness (QED) is 0.619. The first-order chi connectivity index (χ1) is 13.0. The van der Waals surface area contributed by atoms with Crippen LogP contribution in [0.25, 0.3) is 5.57 Å². The van der Waals surface area contributed by atoms with Crippen LogP contribution < -0.4 is 4.90 Å². The molecule has 2 aromatic rings. The van der Waals surface area contributed by atoms with Gasteiger partial charge in [-0.05, 0) is 48.6 Å². The molecule has 136 valence electrons. The highest BCUT2D eigenvalue weighted by atomic mass is 16.2. The zero-order chi connectivity index (χ0) is 19.1. The summed E-state index contributed by atoms with van der Waals surface area (Å²) < 4.78 is 0. The van der Waals surface area contributed by atoms with Crippen molar-refractivity contribution in [1.29, 1.82) is 0 Å². The van der Waals surface area contributed by atoms with Crippen LogP contribution in [0.4, 0.5) is 5.69 Å². The second-order valence-electron chi connectivity index (χ2n) is 7.06. The summed E-state index contributed by atoms with van der Waals surface area (Å²) in [5.41, 5.74) is 6.23. The molecule has 2 amide bonds. The molecule has 2 aromatic carbocycles. The number of rotatable bonds is 4. The van der Waals surface area contributed by atoms with Gasteiger partial charge < -0.3 is 4.90 Å². The van der Waals surface area contributed by atoms with Crippen molar-refractivity contribution >= 4 is 23.1 Å². The van der Waals surface area contributed by atoms with Crippen molar-refractivity contribution in [2.75, 3.05) is 18.0 Å². The summed E-state index contributed by atoms with van der Waals surface area (Å²) in [5, 5.41) is 0. The second-order valence-corrected chi connectivity index (χ2v) is 7.06. The van der Waals surface area contributed by atoms with E-state index in [-0.39, 0.29) is 18.4 Å². The Hall–Kier alpha value is -3.14. The summed E-state index contributed by atoms with van der Waals surface area (Å²) in [5.74, 6) is -0.493. The van der Waals surface area contributed by atoms with Crippen LogP contribution in [0.2, 0.25) is 0 Å². The van der Waals surface area contributed by atoms with Gasteiger partial charge in [-0.3, -0.25) is 14.5 Å². The number of nitrogens with zero attached hydrogens (tertiary/aromatic N) is 2. The summed E-state index contributed by atoms with van der Waals surface area (Å²) >= 11 is 0. The van der Waals surface area contributed by atoms with Gasteiger partial charge in [-0.2, -0.15) is 0 Å². The molecule has 0 unspecified atom stereocenters. The van der Waals surface area contributed by atoms with Crippen molar-refractivity contribution in [3.05, 3.63) is 83.1 Å². The highest BCUT2D eigenvalue weighted by molar-refractivity contribution is 6.36. The van der Waals surface area contributed by atoms with E-state index in [9.17, 15) is 9.59 Å². The lowest BCUT2D eigenvalue weighted by Crippen LogP contribution is -2.34. The van der Waals surface area contributed by atoms with Crippen LogP contribution in [-0.4, -0.2) is 29.8 Å². The van der Waals surface area contributed by atoms with E-state index in [1.54, 1.807) is 6.08 Å². The van der Waals surface area contributed by atoms with Crippen LogP contribution in [0.1, 0.15) is 22.3 Å². The van der Waals surface area contributed by atoms with Gasteiger partial charge in [-0.25, -0.2) is 0 Å². The number of hydrogen-bond donors (Lipinski definition) is 0. The van der Waals surface area contributed by atoms with E-state index in [2.05, 4.69) is 12.6 Å². The van der Waals surface area contributed by atoms with Crippen molar-refractivity contribution in [2.45, 2.75) is 20.3 Å². The molecule has 0 aliphatic carbocycles. The fourth-order valence-electron chi connectivity index (χ4n) is 3.84. The molecule has 0 bridgehead atoms. The standard InChI is InChI=1S/C23H22N2O2/c1-4-12-25-22(26)20(18-10-9-15(2)16(3)14-18)21(23(25)27)24-13-11-17-7-5-6-8-19(17)24/h4-10,14H,1,11-13H2,2-3H3. The third-order valence-electron chi connectivity index (χ3n) is 5.41. The summed E-state index contributed by atoms with van der Waals surface area (Å²) in [4.78, 5) is 29.6. The lowest BCUT2D eigenvalue weighted by molar-refractivity contribution is -0.136. The topological polar surface area (TPSA) is 40.6 Å². The zero-order valence-corrected chi connectivity index (χ0v) is 15.7. The Morgan fingerprint density at radius 3 is 2.56 bits per heavy atom. The maximum absolute atomic E-state index is 13.2. The Morgan fingerprint density at radius 1 is 1.04 bits per heavy atom. The van der Waals surface area contributed by atoms with Crippen LogP contribution in [0.3, 0.4) is 0 Å².